The van der Waals surface area contributed by atoms with Gasteiger partial charge in [0.2, 0.25) is 10.0 Å². The van der Waals surface area contributed by atoms with Crippen molar-refractivity contribution in [2.45, 2.75) is 50.5 Å². The maximum atomic E-state index is 12.2. The molecule has 5 nitrogen and oxygen atoms in total. The molecule has 2 aliphatic rings. The third-order valence-corrected chi connectivity index (χ3v) is 6.06. The van der Waals surface area contributed by atoms with Crippen molar-refractivity contribution < 1.29 is 13.2 Å². The minimum atomic E-state index is -3.17. The average Bonchev–Trinajstić information content (AvgIpc) is 2.87. The lowest BCUT2D eigenvalue weighted by atomic mass is 9.91. The van der Waals surface area contributed by atoms with Gasteiger partial charge in [-0.25, -0.2) is 13.1 Å². The van der Waals surface area contributed by atoms with Gasteiger partial charge in [0, 0.05) is 13.7 Å². The Morgan fingerprint density at radius 3 is 2.60 bits per heavy atom. The van der Waals surface area contributed by atoms with Crippen LogP contribution in [-0.2, 0) is 14.8 Å². The molecule has 0 aromatic rings. The Morgan fingerprint density at radius 2 is 2.00 bits per heavy atom. The van der Waals surface area contributed by atoms with Crippen LogP contribution in [0.4, 0.5) is 0 Å². The van der Waals surface area contributed by atoms with E-state index in [9.17, 15) is 8.42 Å². The summed E-state index contributed by atoms with van der Waals surface area (Å²) < 4.78 is 32.5. The second kappa shape index (κ2) is 7.20. The van der Waals surface area contributed by atoms with Crippen LogP contribution in [0.25, 0.3) is 0 Å². The molecular weight excluding hydrogens is 276 g/mol. The van der Waals surface area contributed by atoms with E-state index in [-0.39, 0.29) is 11.3 Å². The average molecular weight is 304 g/mol. The van der Waals surface area contributed by atoms with Gasteiger partial charge in [-0.1, -0.05) is 19.3 Å². The first-order valence-corrected chi connectivity index (χ1v) is 9.42. The quantitative estimate of drug-likeness (QED) is 0.743. The van der Waals surface area contributed by atoms with E-state index in [0.29, 0.717) is 19.1 Å². The second-order valence-corrected chi connectivity index (χ2v) is 8.20. The zero-order chi connectivity index (χ0) is 14.5. The first kappa shape index (κ1) is 16.2. The zero-order valence-corrected chi connectivity index (χ0v) is 13.3. The van der Waals surface area contributed by atoms with Gasteiger partial charge in [0.15, 0.2) is 0 Å². The van der Waals surface area contributed by atoms with Crippen molar-refractivity contribution in [1.82, 2.24) is 10.0 Å². The summed E-state index contributed by atoms with van der Waals surface area (Å²) in [7, 11) is -1.51. The maximum Gasteiger partial charge on any atom is 0.211 e. The van der Waals surface area contributed by atoms with E-state index in [0.717, 1.165) is 32.2 Å². The summed E-state index contributed by atoms with van der Waals surface area (Å²) in [4.78, 5) is 0. The van der Waals surface area contributed by atoms with Crippen LogP contribution in [0.15, 0.2) is 0 Å². The van der Waals surface area contributed by atoms with Crippen LogP contribution in [-0.4, -0.2) is 46.5 Å². The normalized spacial score (nSPS) is 28.9. The molecule has 0 radical (unpaired) electrons. The van der Waals surface area contributed by atoms with Gasteiger partial charge in [0.1, 0.15) is 0 Å². The summed E-state index contributed by atoms with van der Waals surface area (Å²) in [5.74, 6) is 0.631. The molecule has 1 aliphatic carbocycles. The minimum Gasteiger partial charge on any atom is -0.383 e. The lowest BCUT2D eigenvalue weighted by molar-refractivity contribution is 0.122. The van der Waals surface area contributed by atoms with E-state index in [4.69, 9.17) is 4.74 Å². The Morgan fingerprint density at radius 1 is 1.25 bits per heavy atom. The van der Waals surface area contributed by atoms with E-state index in [1.807, 2.05) is 0 Å². The number of methoxy groups -OCH3 is 1. The largest absolute Gasteiger partial charge is 0.383 e. The Balaban J connectivity index is 1.84. The van der Waals surface area contributed by atoms with E-state index in [1.54, 1.807) is 7.11 Å². The predicted octanol–water partition coefficient (Wildman–Crippen LogP) is 1.25. The molecule has 1 heterocycles. The number of nitrogens with one attached hydrogen (secondary N) is 2. The van der Waals surface area contributed by atoms with Gasteiger partial charge in [0.05, 0.1) is 17.9 Å². The van der Waals surface area contributed by atoms with Crippen molar-refractivity contribution in [1.29, 1.82) is 0 Å². The summed E-state index contributed by atoms with van der Waals surface area (Å²) >= 11 is 0. The molecule has 118 valence electrons. The van der Waals surface area contributed by atoms with Crippen molar-refractivity contribution in [3.05, 3.63) is 0 Å². The highest BCUT2D eigenvalue weighted by atomic mass is 32.2. The van der Waals surface area contributed by atoms with Gasteiger partial charge in [0.25, 0.3) is 0 Å². The highest BCUT2D eigenvalue weighted by Crippen LogP contribution is 2.25. The smallest absolute Gasteiger partial charge is 0.211 e. The van der Waals surface area contributed by atoms with E-state index in [2.05, 4.69) is 10.0 Å². The van der Waals surface area contributed by atoms with Crippen LogP contribution >= 0.6 is 0 Å². The number of hydrogen-bond acceptors (Lipinski definition) is 4. The summed E-state index contributed by atoms with van der Waals surface area (Å²) in [6.07, 6.45) is 7.76. The zero-order valence-electron chi connectivity index (χ0n) is 12.5. The fourth-order valence-corrected chi connectivity index (χ4v) is 5.01. The number of rotatable bonds is 7. The molecule has 1 aliphatic heterocycles. The molecule has 0 spiro atoms. The van der Waals surface area contributed by atoms with Crippen molar-refractivity contribution >= 4 is 10.0 Å². The Kier molecular flexibility index (Phi) is 5.84. The van der Waals surface area contributed by atoms with Gasteiger partial charge in [-0.15, -0.1) is 0 Å². The molecule has 2 fully saturated rings. The fraction of sp³-hybridized carbons (Fsp3) is 1.00. The number of ether oxygens (including phenoxy) is 1. The lowest BCUT2D eigenvalue weighted by Gasteiger charge is -2.29. The summed E-state index contributed by atoms with van der Waals surface area (Å²) in [5.41, 5.74) is -0.214. The van der Waals surface area contributed by atoms with Crippen LogP contribution in [0.2, 0.25) is 0 Å². The SMILES string of the molecule is COCC1(CNS(=O)(=O)CC2CCCCC2)CCCN1. The molecule has 6 heteroatoms. The molecule has 0 bridgehead atoms. The summed E-state index contributed by atoms with van der Waals surface area (Å²) in [5, 5.41) is 3.40. The molecule has 1 saturated carbocycles. The highest BCUT2D eigenvalue weighted by molar-refractivity contribution is 7.89. The Labute approximate surface area is 122 Å². The monoisotopic (exact) mass is 304 g/mol. The minimum absolute atomic E-state index is 0.214. The van der Waals surface area contributed by atoms with Crippen LogP contribution in [0.1, 0.15) is 44.9 Å². The van der Waals surface area contributed by atoms with Crippen LogP contribution < -0.4 is 10.0 Å². The summed E-state index contributed by atoms with van der Waals surface area (Å²) in [6.45, 7) is 1.93. The third-order valence-electron chi connectivity index (χ3n) is 4.56. The third kappa shape index (κ3) is 4.69. The Bertz CT molecular complexity index is 385. The van der Waals surface area contributed by atoms with Gasteiger partial charge in [-0.05, 0) is 38.1 Å². The highest BCUT2D eigenvalue weighted by Gasteiger charge is 2.35. The standard InChI is InChI=1S/C14H28N2O3S/c1-19-12-14(8-5-9-15-14)11-16-20(17,18)10-13-6-3-2-4-7-13/h13,15-16H,2-12H2,1H3. The van der Waals surface area contributed by atoms with Crippen molar-refractivity contribution in [2.75, 3.05) is 32.6 Å². The number of hydrogen-bond donors (Lipinski definition) is 2. The van der Waals surface area contributed by atoms with Crippen LogP contribution in [0.3, 0.4) is 0 Å². The topological polar surface area (TPSA) is 67.4 Å². The van der Waals surface area contributed by atoms with Crippen LogP contribution in [0.5, 0.6) is 0 Å². The van der Waals surface area contributed by atoms with Gasteiger partial charge >= 0.3 is 0 Å². The molecule has 0 aromatic heterocycles. The van der Waals surface area contributed by atoms with Crippen molar-refractivity contribution in [3.8, 4) is 0 Å². The molecule has 2 rings (SSSR count). The Hall–Kier alpha value is -0.170. The predicted molar refractivity (Wildman–Crippen MR) is 80.2 cm³/mol. The molecular formula is C14H28N2O3S. The molecule has 2 N–H and O–H groups in total. The molecule has 1 atom stereocenters. The molecule has 1 saturated heterocycles. The fourth-order valence-electron chi connectivity index (χ4n) is 3.44. The molecule has 1 unspecified atom stereocenters. The van der Waals surface area contributed by atoms with Crippen molar-refractivity contribution in [2.24, 2.45) is 5.92 Å². The summed E-state index contributed by atoms with van der Waals surface area (Å²) in [6, 6.07) is 0. The molecule has 0 aromatic carbocycles. The first-order chi connectivity index (χ1) is 9.55. The van der Waals surface area contributed by atoms with Crippen LogP contribution in [0, 0.1) is 5.92 Å². The molecule has 0 amide bonds. The van der Waals surface area contributed by atoms with Gasteiger partial charge < -0.3 is 10.1 Å². The van der Waals surface area contributed by atoms with Crippen molar-refractivity contribution in [3.63, 3.8) is 0 Å². The van der Waals surface area contributed by atoms with Gasteiger partial charge in [-0.3, -0.25) is 0 Å². The maximum absolute atomic E-state index is 12.2. The van der Waals surface area contributed by atoms with Gasteiger partial charge in [-0.2, -0.15) is 0 Å². The first-order valence-electron chi connectivity index (χ1n) is 7.77. The van der Waals surface area contributed by atoms with E-state index >= 15 is 0 Å². The van der Waals surface area contributed by atoms with E-state index < -0.39 is 10.0 Å². The van der Waals surface area contributed by atoms with E-state index in [1.165, 1.54) is 19.3 Å². The number of sulfonamides is 1. The molecule has 20 heavy (non-hydrogen) atoms. The second-order valence-electron chi connectivity index (χ2n) is 6.35. The lowest BCUT2D eigenvalue weighted by Crippen LogP contribution is -2.53.